The van der Waals surface area contributed by atoms with Gasteiger partial charge in [-0.05, 0) is 120 Å². The summed E-state index contributed by atoms with van der Waals surface area (Å²) in [6, 6.07) is 30.6. The molecule has 1 fully saturated rings. The molecule has 0 aliphatic heterocycles. The van der Waals surface area contributed by atoms with E-state index in [0.717, 1.165) is 64.8 Å². The van der Waals surface area contributed by atoms with Gasteiger partial charge in [-0.2, -0.15) is 0 Å². The fourth-order valence-corrected chi connectivity index (χ4v) is 6.87. The molecule has 2 aromatic heterocycles. The zero-order valence-corrected chi connectivity index (χ0v) is 28.3. The first-order chi connectivity index (χ1) is 24.4. The number of imidazole rings is 1. The number of carbonyl (C=O) groups is 2. The Labute approximate surface area is 295 Å². The number of carboxylic acids is 1. The number of pyridine rings is 1. The Kier molecular flexibility index (Phi) is 9.89. The van der Waals surface area contributed by atoms with Crippen LogP contribution in [0, 0.1) is 0 Å². The highest BCUT2D eigenvalue weighted by atomic mass is 35.5. The number of aromatic nitrogens is 3. The van der Waals surface area contributed by atoms with E-state index >= 15 is 0 Å². The van der Waals surface area contributed by atoms with E-state index in [9.17, 15) is 14.7 Å². The number of carboxylic acid groups (broad SMARTS) is 1. The Balaban J connectivity index is 1.12. The Morgan fingerprint density at radius 3 is 2.30 bits per heavy atom. The molecule has 8 nitrogen and oxygen atoms in total. The molecule has 252 valence electrons. The van der Waals surface area contributed by atoms with Gasteiger partial charge < -0.3 is 19.7 Å². The highest BCUT2D eigenvalue weighted by Crippen LogP contribution is 2.37. The second kappa shape index (κ2) is 15.0. The molecule has 0 saturated heterocycles. The number of benzene rings is 4. The van der Waals surface area contributed by atoms with Gasteiger partial charge in [-0.1, -0.05) is 49.1 Å². The SMILES string of the molecule is O=C(O)c1ccc2c(c1)nc(-c1ccc(OCc3cc(C(=O)NCCc4ccncc4)ccc3-c3ccc(Cl)cc3)cc1)n2C1CCCCC1. The number of rotatable bonds is 11. The number of ether oxygens (including phenoxy) is 1. The van der Waals surface area contributed by atoms with Crippen LogP contribution in [0.2, 0.25) is 5.02 Å². The lowest BCUT2D eigenvalue weighted by atomic mass is 9.95. The normalized spacial score (nSPS) is 13.3. The lowest BCUT2D eigenvalue weighted by Gasteiger charge is -2.25. The van der Waals surface area contributed by atoms with E-state index < -0.39 is 5.97 Å². The highest BCUT2D eigenvalue weighted by molar-refractivity contribution is 6.30. The molecule has 0 radical (unpaired) electrons. The van der Waals surface area contributed by atoms with Gasteiger partial charge in [-0.25, -0.2) is 9.78 Å². The summed E-state index contributed by atoms with van der Waals surface area (Å²) in [5.74, 6) is 0.391. The average Bonchev–Trinajstić information content (AvgIpc) is 3.54. The van der Waals surface area contributed by atoms with Gasteiger partial charge in [0.2, 0.25) is 0 Å². The number of hydrogen-bond donors (Lipinski definition) is 2. The standard InChI is InChI=1S/C41H37ClN4O4/c42-33-12-6-28(7-13-33)36-16-10-30(40(47)44-23-20-27-18-21-43-22-19-27)24-32(36)26-50-35-14-8-29(9-15-35)39-45-37-25-31(41(48)49)11-17-38(37)46(39)34-4-2-1-3-5-34/h6-19,21-22,24-25,34H,1-5,20,23,26H2,(H,44,47)(H,48,49). The molecule has 0 atom stereocenters. The maximum Gasteiger partial charge on any atom is 0.335 e. The number of carbonyl (C=O) groups excluding carboxylic acids is 1. The van der Waals surface area contributed by atoms with Gasteiger partial charge in [0.25, 0.3) is 5.91 Å². The van der Waals surface area contributed by atoms with Gasteiger partial charge in [0.1, 0.15) is 18.2 Å². The Morgan fingerprint density at radius 1 is 0.840 bits per heavy atom. The predicted octanol–water partition coefficient (Wildman–Crippen LogP) is 9.17. The molecule has 1 aliphatic carbocycles. The minimum atomic E-state index is -0.964. The molecule has 2 N–H and O–H groups in total. The van der Waals surface area contributed by atoms with E-state index in [1.807, 2.05) is 84.9 Å². The molecule has 1 aliphatic rings. The van der Waals surface area contributed by atoms with E-state index in [2.05, 4.69) is 14.9 Å². The second-order valence-corrected chi connectivity index (χ2v) is 13.1. The average molecular weight is 685 g/mol. The first-order valence-electron chi connectivity index (χ1n) is 17.0. The van der Waals surface area contributed by atoms with E-state index in [1.54, 1.807) is 24.5 Å². The van der Waals surface area contributed by atoms with Crippen LogP contribution in [0.3, 0.4) is 0 Å². The summed E-state index contributed by atoms with van der Waals surface area (Å²) in [6.45, 7) is 0.753. The zero-order chi connectivity index (χ0) is 34.5. The van der Waals surface area contributed by atoms with Crippen LogP contribution < -0.4 is 10.1 Å². The first kappa shape index (κ1) is 33.0. The third-order valence-corrected chi connectivity index (χ3v) is 9.61. The van der Waals surface area contributed by atoms with Gasteiger partial charge in [0, 0.05) is 41.1 Å². The van der Waals surface area contributed by atoms with Gasteiger partial charge >= 0.3 is 5.97 Å². The van der Waals surface area contributed by atoms with E-state index in [4.69, 9.17) is 21.3 Å². The fraction of sp³-hybridized carbons (Fsp3) is 0.220. The van der Waals surface area contributed by atoms with Crippen LogP contribution >= 0.6 is 11.6 Å². The maximum atomic E-state index is 13.2. The van der Waals surface area contributed by atoms with Gasteiger partial charge in [0.05, 0.1) is 16.6 Å². The Morgan fingerprint density at radius 2 is 1.56 bits per heavy atom. The molecule has 50 heavy (non-hydrogen) atoms. The number of amides is 1. The van der Waals surface area contributed by atoms with Crippen LogP contribution in [-0.2, 0) is 13.0 Å². The topological polar surface area (TPSA) is 106 Å². The van der Waals surface area contributed by atoms with Crippen molar-refractivity contribution in [3.8, 4) is 28.3 Å². The van der Waals surface area contributed by atoms with Crippen molar-refractivity contribution < 1.29 is 19.4 Å². The first-order valence-corrected chi connectivity index (χ1v) is 17.4. The third kappa shape index (κ3) is 7.40. The van der Waals surface area contributed by atoms with Crippen molar-refractivity contribution in [1.29, 1.82) is 0 Å². The van der Waals surface area contributed by atoms with Crippen molar-refractivity contribution in [3.05, 3.63) is 137 Å². The smallest absolute Gasteiger partial charge is 0.335 e. The molecule has 0 unspecified atom stereocenters. The second-order valence-electron chi connectivity index (χ2n) is 12.7. The Bertz CT molecular complexity index is 2120. The molecule has 0 bridgehead atoms. The molecule has 7 rings (SSSR count). The summed E-state index contributed by atoms with van der Waals surface area (Å²) < 4.78 is 8.63. The van der Waals surface area contributed by atoms with Crippen molar-refractivity contribution in [2.45, 2.75) is 51.2 Å². The minimum Gasteiger partial charge on any atom is -0.489 e. The molecule has 2 heterocycles. The number of aromatic carboxylic acids is 1. The quantitative estimate of drug-likeness (QED) is 0.141. The van der Waals surface area contributed by atoms with Crippen LogP contribution in [0.25, 0.3) is 33.5 Å². The highest BCUT2D eigenvalue weighted by Gasteiger charge is 2.23. The molecule has 0 spiro atoms. The molecular formula is C41H37ClN4O4. The zero-order valence-electron chi connectivity index (χ0n) is 27.5. The molecular weight excluding hydrogens is 648 g/mol. The molecule has 4 aromatic carbocycles. The van der Waals surface area contributed by atoms with E-state index in [-0.39, 0.29) is 18.1 Å². The van der Waals surface area contributed by atoms with Crippen molar-refractivity contribution in [2.75, 3.05) is 6.54 Å². The van der Waals surface area contributed by atoms with Gasteiger partial charge in [-0.3, -0.25) is 9.78 Å². The molecule has 1 amide bonds. The van der Waals surface area contributed by atoms with E-state index in [1.165, 1.54) is 6.42 Å². The van der Waals surface area contributed by atoms with Crippen LogP contribution in [0.5, 0.6) is 5.75 Å². The van der Waals surface area contributed by atoms with Crippen molar-refractivity contribution in [2.24, 2.45) is 0 Å². The lowest BCUT2D eigenvalue weighted by molar-refractivity contribution is 0.0696. The lowest BCUT2D eigenvalue weighted by Crippen LogP contribution is -2.25. The number of nitrogens with zero attached hydrogens (tertiary/aromatic N) is 3. The van der Waals surface area contributed by atoms with Gasteiger partial charge in [0.15, 0.2) is 0 Å². The maximum absolute atomic E-state index is 13.2. The minimum absolute atomic E-state index is 0.149. The third-order valence-electron chi connectivity index (χ3n) is 9.35. The number of nitrogens with one attached hydrogen (secondary N) is 1. The van der Waals surface area contributed by atoms with Crippen molar-refractivity contribution in [3.63, 3.8) is 0 Å². The number of hydrogen-bond acceptors (Lipinski definition) is 5. The molecule has 1 saturated carbocycles. The Hall–Kier alpha value is -5.47. The van der Waals surface area contributed by atoms with Crippen molar-refractivity contribution in [1.82, 2.24) is 19.9 Å². The van der Waals surface area contributed by atoms with Crippen LogP contribution in [-0.4, -0.2) is 38.1 Å². The summed E-state index contributed by atoms with van der Waals surface area (Å²) in [5.41, 5.74) is 7.25. The summed E-state index contributed by atoms with van der Waals surface area (Å²) in [4.78, 5) is 33.9. The van der Waals surface area contributed by atoms with Crippen LogP contribution in [0.1, 0.15) is 70.0 Å². The van der Waals surface area contributed by atoms with Crippen LogP contribution in [0.15, 0.2) is 109 Å². The fourth-order valence-electron chi connectivity index (χ4n) is 6.74. The summed E-state index contributed by atoms with van der Waals surface area (Å²) in [6.07, 6.45) is 9.90. The van der Waals surface area contributed by atoms with Crippen molar-refractivity contribution >= 4 is 34.5 Å². The number of fused-ring (bicyclic) bond motifs is 1. The molecule has 9 heteroatoms. The molecule has 6 aromatic rings. The summed E-state index contributed by atoms with van der Waals surface area (Å²) in [7, 11) is 0. The summed E-state index contributed by atoms with van der Waals surface area (Å²) in [5, 5.41) is 13.3. The summed E-state index contributed by atoms with van der Waals surface area (Å²) >= 11 is 6.18. The predicted molar refractivity (Wildman–Crippen MR) is 196 cm³/mol. The van der Waals surface area contributed by atoms with E-state index in [0.29, 0.717) is 40.9 Å². The van der Waals surface area contributed by atoms with Gasteiger partial charge in [-0.15, -0.1) is 0 Å². The largest absolute Gasteiger partial charge is 0.489 e. The number of halogens is 1. The monoisotopic (exact) mass is 684 g/mol. The van der Waals surface area contributed by atoms with Crippen LogP contribution in [0.4, 0.5) is 0 Å².